The standard InChI is InChI=1S/C23H23BrN4O5/c1-2-11-33-17-7-8-19(24)16(14-17)15-25-27-22(30)21(29)26-20-6-4-3-5-18(20)23(31)28-9-12-32-13-10-28/h2-8,14-15H,1,9-13H2,(H,26,29)(H,27,30)/b25-15-. The molecule has 0 unspecified atom stereocenters. The Kier molecular flexibility index (Phi) is 8.73. The number of halogens is 1. The molecule has 2 aromatic rings. The summed E-state index contributed by atoms with van der Waals surface area (Å²) in [4.78, 5) is 39.0. The van der Waals surface area contributed by atoms with Crippen molar-refractivity contribution in [2.45, 2.75) is 0 Å². The summed E-state index contributed by atoms with van der Waals surface area (Å²) in [6.07, 6.45) is 3.01. The van der Waals surface area contributed by atoms with Crippen LogP contribution in [0.3, 0.4) is 0 Å². The molecule has 0 bridgehead atoms. The van der Waals surface area contributed by atoms with Gasteiger partial charge in [0.25, 0.3) is 5.91 Å². The van der Waals surface area contributed by atoms with Gasteiger partial charge in [0.1, 0.15) is 12.4 Å². The molecule has 33 heavy (non-hydrogen) atoms. The molecule has 1 heterocycles. The van der Waals surface area contributed by atoms with E-state index >= 15 is 0 Å². The van der Waals surface area contributed by atoms with Crippen LogP contribution in [0.4, 0.5) is 5.69 Å². The number of nitrogens with zero attached hydrogens (tertiary/aromatic N) is 2. The molecule has 3 amide bonds. The lowest BCUT2D eigenvalue weighted by molar-refractivity contribution is -0.136. The van der Waals surface area contributed by atoms with Crippen LogP contribution in [0.1, 0.15) is 15.9 Å². The minimum Gasteiger partial charge on any atom is -0.490 e. The molecule has 0 spiro atoms. The van der Waals surface area contributed by atoms with Crippen molar-refractivity contribution in [2.75, 3.05) is 38.2 Å². The van der Waals surface area contributed by atoms with Crippen molar-refractivity contribution in [1.82, 2.24) is 10.3 Å². The molecule has 0 aliphatic carbocycles. The quantitative estimate of drug-likeness (QED) is 0.255. The lowest BCUT2D eigenvalue weighted by atomic mass is 10.1. The van der Waals surface area contributed by atoms with Gasteiger partial charge in [-0.15, -0.1) is 0 Å². The molecule has 10 heteroatoms. The van der Waals surface area contributed by atoms with E-state index in [4.69, 9.17) is 9.47 Å². The zero-order valence-corrected chi connectivity index (χ0v) is 19.3. The van der Waals surface area contributed by atoms with Gasteiger partial charge in [0.05, 0.1) is 30.7 Å². The molecule has 1 saturated heterocycles. The molecule has 0 saturated carbocycles. The van der Waals surface area contributed by atoms with Gasteiger partial charge in [0.15, 0.2) is 0 Å². The van der Waals surface area contributed by atoms with Crippen LogP contribution in [0.5, 0.6) is 5.75 Å². The first-order chi connectivity index (χ1) is 16.0. The first-order valence-electron chi connectivity index (χ1n) is 10.1. The third-order valence-corrected chi connectivity index (χ3v) is 5.34. The van der Waals surface area contributed by atoms with Gasteiger partial charge in [-0.2, -0.15) is 5.10 Å². The van der Waals surface area contributed by atoms with Gasteiger partial charge in [0.2, 0.25) is 0 Å². The average Bonchev–Trinajstić information content (AvgIpc) is 2.84. The first kappa shape index (κ1) is 24.1. The summed E-state index contributed by atoms with van der Waals surface area (Å²) in [5.74, 6) is -1.56. The largest absolute Gasteiger partial charge is 0.490 e. The van der Waals surface area contributed by atoms with Crippen LogP contribution in [-0.4, -0.2) is 61.7 Å². The van der Waals surface area contributed by atoms with E-state index in [1.165, 1.54) is 6.21 Å². The van der Waals surface area contributed by atoms with Crippen LogP contribution in [0.15, 0.2) is 64.7 Å². The molecule has 9 nitrogen and oxygen atoms in total. The molecular formula is C23H23BrN4O5. The number of nitrogens with one attached hydrogen (secondary N) is 2. The minimum absolute atomic E-state index is 0.240. The number of anilines is 1. The maximum atomic E-state index is 12.8. The lowest BCUT2D eigenvalue weighted by Gasteiger charge is -2.27. The maximum Gasteiger partial charge on any atom is 0.329 e. The Bertz CT molecular complexity index is 1070. The Balaban J connectivity index is 1.62. The number of carbonyl (C=O) groups excluding carboxylic acids is 3. The number of amides is 3. The van der Waals surface area contributed by atoms with E-state index in [-0.39, 0.29) is 11.6 Å². The number of hydrazone groups is 1. The fraction of sp³-hybridized carbons (Fsp3) is 0.217. The maximum absolute atomic E-state index is 12.8. The third-order valence-electron chi connectivity index (χ3n) is 4.62. The van der Waals surface area contributed by atoms with Gasteiger partial charge < -0.3 is 19.7 Å². The SMILES string of the molecule is C=CCOc1ccc(Br)c(/C=N\NC(=O)C(=O)Nc2ccccc2C(=O)N2CCOCC2)c1. The highest BCUT2D eigenvalue weighted by molar-refractivity contribution is 9.10. The number of rotatable bonds is 7. The van der Waals surface area contributed by atoms with Crippen molar-refractivity contribution in [3.63, 3.8) is 0 Å². The summed E-state index contributed by atoms with van der Waals surface area (Å²) < 4.78 is 11.5. The fourth-order valence-electron chi connectivity index (χ4n) is 2.97. The van der Waals surface area contributed by atoms with Crippen molar-refractivity contribution in [3.8, 4) is 5.75 Å². The molecule has 0 radical (unpaired) electrons. The molecule has 1 aliphatic heterocycles. The predicted molar refractivity (Wildman–Crippen MR) is 127 cm³/mol. The summed E-state index contributed by atoms with van der Waals surface area (Å²) in [6, 6.07) is 11.8. The van der Waals surface area contributed by atoms with E-state index in [0.29, 0.717) is 49.8 Å². The number of ether oxygens (including phenoxy) is 2. The zero-order chi connectivity index (χ0) is 23.6. The Morgan fingerprint density at radius 1 is 1.15 bits per heavy atom. The second-order valence-corrected chi connectivity index (χ2v) is 7.74. The first-order valence-corrected chi connectivity index (χ1v) is 10.9. The van der Waals surface area contributed by atoms with Gasteiger partial charge in [-0.05, 0) is 30.3 Å². The topological polar surface area (TPSA) is 109 Å². The van der Waals surface area contributed by atoms with E-state index in [2.05, 4.69) is 38.4 Å². The van der Waals surface area contributed by atoms with E-state index < -0.39 is 11.8 Å². The van der Waals surface area contributed by atoms with Crippen molar-refractivity contribution in [2.24, 2.45) is 5.10 Å². The van der Waals surface area contributed by atoms with Gasteiger partial charge in [-0.25, -0.2) is 5.43 Å². The zero-order valence-electron chi connectivity index (χ0n) is 17.8. The van der Waals surface area contributed by atoms with Gasteiger partial charge in [0, 0.05) is 23.1 Å². The summed E-state index contributed by atoms with van der Waals surface area (Å²) in [6.45, 7) is 5.79. The highest BCUT2D eigenvalue weighted by atomic mass is 79.9. The molecule has 172 valence electrons. The second kappa shape index (κ2) is 11.9. The van der Waals surface area contributed by atoms with Crippen LogP contribution in [0.25, 0.3) is 0 Å². The van der Waals surface area contributed by atoms with E-state index in [0.717, 1.165) is 4.47 Å². The normalized spacial score (nSPS) is 13.4. The van der Waals surface area contributed by atoms with Crippen LogP contribution in [0, 0.1) is 0 Å². The molecular weight excluding hydrogens is 492 g/mol. The number of hydrogen-bond donors (Lipinski definition) is 2. The summed E-state index contributed by atoms with van der Waals surface area (Å²) in [5, 5.41) is 6.32. The Hall–Kier alpha value is -3.50. The summed E-state index contributed by atoms with van der Waals surface area (Å²) in [5.41, 5.74) is 3.36. The minimum atomic E-state index is -0.977. The summed E-state index contributed by atoms with van der Waals surface area (Å²) >= 11 is 3.39. The molecule has 1 fully saturated rings. The van der Waals surface area contributed by atoms with Crippen molar-refractivity contribution < 1.29 is 23.9 Å². The van der Waals surface area contributed by atoms with Crippen LogP contribution in [0.2, 0.25) is 0 Å². The Labute approximate surface area is 199 Å². The highest BCUT2D eigenvalue weighted by Crippen LogP contribution is 2.21. The monoisotopic (exact) mass is 514 g/mol. The lowest BCUT2D eigenvalue weighted by Crippen LogP contribution is -2.41. The molecule has 0 aromatic heterocycles. The van der Waals surface area contributed by atoms with Crippen LogP contribution in [-0.2, 0) is 14.3 Å². The van der Waals surface area contributed by atoms with Crippen molar-refractivity contribution >= 4 is 45.6 Å². The van der Waals surface area contributed by atoms with Crippen LogP contribution < -0.4 is 15.5 Å². The van der Waals surface area contributed by atoms with Crippen molar-refractivity contribution in [1.29, 1.82) is 0 Å². The van der Waals surface area contributed by atoms with Gasteiger partial charge in [-0.1, -0.05) is 40.7 Å². The van der Waals surface area contributed by atoms with Gasteiger partial charge >= 0.3 is 11.8 Å². The second-order valence-electron chi connectivity index (χ2n) is 6.89. The van der Waals surface area contributed by atoms with E-state index in [9.17, 15) is 14.4 Å². The molecule has 1 aliphatic rings. The number of benzene rings is 2. The molecule has 2 aromatic carbocycles. The number of carbonyl (C=O) groups is 3. The molecule has 0 atom stereocenters. The number of para-hydroxylation sites is 1. The number of morpholine rings is 1. The van der Waals surface area contributed by atoms with Gasteiger partial charge in [-0.3, -0.25) is 14.4 Å². The summed E-state index contributed by atoms with van der Waals surface area (Å²) in [7, 11) is 0. The predicted octanol–water partition coefficient (Wildman–Crippen LogP) is 2.58. The fourth-order valence-corrected chi connectivity index (χ4v) is 3.32. The van der Waals surface area contributed by atoms with Crippen molar-refractivity contribution in [3.05, 3.63) is 70.7 Å². The van der Waals surface area contributed by atoms with E-state index in [1.807, 2.05) is 0 Å². The average molecular weight is 515 g/mol. The highest BCUT2D eigenvalue weighted by Gasteiger charge is 2.22. The van der Waals surface area contributed by atoms with Crippen LogP contribution >= 0.6 is 15.9 Å². The molecule has 2 N–H and O–H groups in total. The smallest absolute Gasteiger partial charge is 0.329 e. The van der Waals surface area contributed by atoms with E-state index in [1.54, 1.807) is 53.4 Å². The molecule has 3 rings (SSSR count). The third kappa shape index (κ3) is 6.74. The number of hydrogen-bond acceptors (Lipinski definition) is 6. The Morgan fingerprint density at radius 2 is 1.91 bits per heavy atom. The Morgan fingerprint density at radius 3 is 2.67 bits per heavy atom.